The van der Waals surface area contributed by atoms with Gasteiger partial charge in [0.05, 0.1) is 0 Å². The fraction of sp³-hybridized carbons (Fsp3) is 0.714. The van der Waals surface area contributed by atoms with Gasteiger partial charge in [-0.1, -0.05) is 13.8 Å². The third-order valence-electron chi connectivity index (χ3n) is 1.69. The molecule has 6 heteroatoms. The van der Waals surface area contributed by atoms with Crippen molar-refractivity contribution in [3.8, 4) is 0 Å². The summed E-state index contributed by atoms with van der Waals surface area (Å²) in [4.78, 5) is 0. The van der Waals surface area contributed by atoms with Crippen LogP contribution >= 0.6 is 0 Å². The van der Waals surface area contributed by atoms with E-state index < -0.39 is 0 Å². The number of aromatic nitrogens is 3. The molecule has 0 saturated carbocycles. The van der Waals surface area contributed by atoms with E-state index in [0.717, 1.165) is 13.0 Å². The second-order valence-corrected chi connectivity index (χ2v) is 3.20. The molecule has 0 saturated heterocycles. The van der Waals surface area contributed by atoms with Gasteiger partial charge < -0.3 is 16.9 Å². The summed E-state index contributed by atoms with van der Waals surface area (Å²) < 4.78 is 1.31. The van der Waals surface area contributed by atoms with E-state index in [-0.39, 0.29) is 5.95 Å². The molecule has 1 rings (SSSR count). The lowest BCUT2D eigenvalue weighted by molar-refractivity contribution is 0.579. The fourth-order valence-electron chi connectivity index (χ4n) is 0.981. The van der Waals surface area contributed by atoms with Gasteiger partial charge in [0.2, 0.25) is 5.95 Å². The summed E-state index contributed by atoms with van der Waals surface area (Å²) in [5.41, 5.74) is 5.42. The molecule has 0 radical (unpaired) electrons. The summed E-state index contributed by atoms with van der Waals surface area (Å²) in [7, 11) is 0. The number of nitrogens with zero attached hydrogens (tertiary/aromatic N) is 3. The standard InChI is InChI=1S/C7H16N6/c1-5(2)10-4-3-6-11-12-7(8)13(6)9/h5,10H,3-4,9H2,1-2H3,(H2,8,12). The maximum absolute atomic E-state index is 5.56. The molecule has 0 bridgehead atoms. The predicted octanol–water partition coefficient (Wildman–Crippen LogP) is -0.885. The fourth-order valence-corrected chi connectivity index (χ4v) is 0.981. The molecular formula is C7H16N6. The van der Waals surface area contributed by atoms with Crippen molar-refractivity contribution in [2.24, 2.45) is 0 Å². The van der Waals surface area contributed by atoms with Crippen LogP contribution in [0.15, 0.2) is 0 Å². The molecule has 0 atom stereocenters. The van der Waals surface area contributed by atoms with E-state index in [4.69, 9.17) is 11.6 Å². The zero-order valence-electron chi connectivity index (χ0n) is 7.99. The first kappa shape index (κ1) is 9.79. The van der Waals surface area contributed by atoms with Gasteiger partial charge in [-0.3, -0.25) is 0 Å². The Hall–Kier alpha value is -1.30. The van der Waals surface area contributed by atoms with Gasteiger partial charge in [0.1, 0.15) is 0 Å². The van der Waals surface area contributed by atoms with Gasteiger partial charge in [0, 0.05) is 19.0 Å². The molecule has 6 nitrogen and oxygen atoms in total. The number of nitrogen functional groups attached to an aromatic ring is 2. The topological polar surface area (TPSA) is 94.8 Å². The van der Waals surface area contributed by atoms with Gasteiger partial charge in [-0.25, -0.2) is 4.68 Å². The first-order valence-electron chi connectivity index (χ1n) is 4.29. The van der Waals surface area contributed by atoms with Gasteiger partial charge >= 0.3 is 0 Å². The third-order valence-corrected chi connectivity index (χ3v) is 1.69. The van der Waals surface area contributed by atoms with Crippen LogP contribution in [0.25, 0.3) is 0 Å². The van der Waals surface area contributed by atoms with Crippen LogP contribution in [-0.2, 0) is 6.42 Å². The molecule has 1 heterocycles. The molecule has 0 fully saturated rings. The minimum atomic E-state index is 0.250. The molecule has 0 aromatic carbocycles. The zero-order valence-corrected chi connectivity index (χ0v) is 7.99. The summed E-state index contributed by atoms with van der Waals surface area (Å²) in [5.74, 6) is 6.51. The van der Waals surface area contributed by atoms with Crippen LogP contribution in [0.5, 0.6) is 0 Å². The van der Waals surface area contributed by atoms with E-state index in [0.29, 0.717) is 11.9 Å². The molecular weight excluding hydrogens is 168 g/mol. The Balaban J connectivity index is 2.41. The third kappa shape index (κ3) is 2.59. The Bertz CT molecular complexity index is 266. The van der Waals surface area contributed by atoms with Gasteiger partial charge in [0.15, 0.2) is 5.82 Å². The number of rotatable bonds is 4. The highest BCUT2D eigenvalue weighted by molar-refractivity contribution is 5.17. The average Bonchev–Trinajstić information content (AvgIpc) is 2.35. The smallest absolute Gasteiger partial charge is 0.240 e. The normalized spacial score (nSPS) is 11.0. The number of nitrogens with one attached hydrogen (secondary N) is 1. The SMILES string of the molecule is CC(C)NCCc1nnc(N)n1N. The summed E-state index contributed by atoms with van der Waals surface area (Å²) in [5, 5.41) is 10.7. The van der Waals surface area contributed by atoms with Crippen LogP contribution in [-0.4, -0.2) is 27.5 Å². The molecule has 13 heavy (non-hydrogen) atoms. The van der Waals surface area contributed by atoms with Crippen molar-refractivity contribution in [3.63, 3.8) is 0 Å². The Morgan fingerprint density at radius 1 is 1.46 bits per heavy atom. The molecule has 1 aromatic rings. The van der Waals surface area contributed by atoms with Crippen LogP contribution in [0.3, 0.4) is 0 Å². The van der Waals surface area contributed by atoms with Crippen molar-refractivity contribution in [2.45, 2.75) is 26.3 Å². The van der Waals surface area contributed by atoms with Crippen molar-refractivity contribution >= 4 is 5.95 Å². The van der Waals surface area contributed by atoms with Crippen molar-refractivity contribution < 1.29 is 0 Å². The predicted molar refractivity (Wildman–Crippen MR) is 51.4 cm³/mol. The number of anilines is 1. The van der Waals surface area contributed by atoms with Crippen LogP contribution in [0.1, 0.15) is 19.7 Å². The molecule has 0 aliphatic carbocycles. The van der Waals surface area contributed by atoms with E-state index in [1.807, 2.05) is 0 Å². The van der Waals surface area contributed by atoms with Gasteiger partial charge in [-0.15, -0.1) is 10.2 Å². The quantitative estimate of drug-likeness (QED) is 0.528. The highest BCUT2D eigenvalue weighted by Crippen LogP contribution is 1.97. The molecule has 0 aliphatic heterocycles. The molecule has 5 N–H and O–H groups in total. The summed E-state index contributed by atoms with van der Waals surface area (Å²) in [6, 6.07) is 0.464. The van der Waals surface area contributed by atoms with Crippen LogP contribution in [0.2, 0.25) is 0 Å². The zero-order chi connectivity index (χ0) is 9.84. The van der Waals surface area contributed by atoms with E-state index in [1.54, 1.807) is 0 Å². The highest BCUT2D eigenvalue weighted by Gasteiger charge is 2.05. The Labute approximate surface area is 77.3 Å². The second kappa shape index (κ2) is 4.08. The van der Waals surface area contributed by atoms with E-state index in [1.165, 1.54) is 4.68 Å². The number of hydrogen-bond acceptors (Lipinski definition) is 5. The van der Waals surface area contributed by atoms with E-state index in [2.05, 4.69) is 29.4 Å². The molecule has 0 unspecified atom stereocenters. The van der Waals surface area contributed by atoms with Crippen LogP contribution < -0.4 is 16.9 Å². The molecule has 0 aliphatic rings. The van der Waals surface area contributed by atoms with Crippen molar-refractivity contribution in [1.82, 2.24) is 20.2 Å². The lowest BCUT2D eigenvalue weighted by Crippen LogP contribution is -2.27. The summed E-state index contributed by atoms with van der Waals surface area (Å²) >= 11 is 0. The Kier molecular flexibility index (Phi) is 3.07. The maximum Gasteiger partial charge on any atom is 0.240 e. The summed E-state index contributed by atoms with van der Waals surface area (Å²) in [6.07, 6.45) is 0.735. The minimum absolute atomic E-state index is 0.250. The first-order chi connectivity index (χ1) is 6.11. The largest absolute Gasteiger partial charge is 0.366 e. The Morgan fingerprint density at radius 2 is 2.15 bits per heavy atom. The highest BCUT2D eigenvalue weighted by atomic mass is 15.4. The van der Waals surface area contributed by atoms with Crippen LogP contribution in [0.4, 0.5) is 5.95 Å². The molecule has 0 spiro atoms. The lowest BCUT2D eigenvalue weighted by atomic mass is 10.3. The van der Waals surface area contributed by atoms with Crippen LogP contribution in [0, 0.1) is 0 Å². The maximum atomic E-state index is 5.56. The molecule has 74 valence electrons. The van der Waals surface area contributed by atoms with Crippen molar-refractivity contribution in [1.29, 1.82) is 0 Å². The molecule has 0 amide bonds. The first-order valence-corrected chi connectivity index (χ1v) is 4.29. The van der Waals surface area contributed by atoms with Gasteiger partial charge in [-0.05, 0) is 0 Å². The van der Waals surface area contributed by atoms with Crippen molar-refractivity contribution in [2.75, 3.05) is 18.1 Å². The average molecular weight is 184 g/mol. The monoisotopic (exact) mass is 184 g/mol. The molecule has 1 aromatic heterocycles. The summed E-state index contributed by atoms with van der Waals surface area (Å²) in [6.45, 7) is 5.00. The Morgan fingerprint density at radius 3 is 2.62 bits per heavy atom. The van der Waals surface area contributed by atoms with Gasteiger partial charge in [0.25, 0.3) is 0 Å². The lowest BCUT2D eigenvalue weighted by Gasteiger charge is -2.06. The second-order valence-electron chi connectivity index (χ2n) is 3.20. The number of nitrogens with two attached hydrogens (primary N) is 2. The van der Waals surface area contributed by atoms with Crippen molar-refractivity contribution in [3.05, 3.63) is 5.82 Å². The minimum Gasteiger partial charge on any atom is -0.366 e. The van der Waals surface area contributed by atoms with E-state index >= 15 is 0 Å². The van der Waals surface area contributed by atoms with E-state index in [9.17, 15) is 0 Å². The number of hydrogen-bond donors (Lipinski definition) is 3. The van der Waals surface area contributed by atoms with Gasteiger partial charge in [-0.2, -0.15) is 0 Å².